The van der Waals surface area contributed by atoms with Crippen molar-refractivity contribution in [2.45, 2.75) is 12.2 Å². The van der Waals surface area contributed by atoms with Gasteiger partial charge in [-0.3, -0.25) is 0 Å². The maximum Gasteiger partial charge on any atom is 0.370 e. The molecule has 0 radical (unpaired) electrons. The van der Waals surface area contributed by atoms with E-state index in [9.17, 15) is 14.7 Å². The fourth-order valence-corrected chi connectivity index (χ4v) is 1.17. The molecule has 0 aliphatic heterocycles. The summed E-state index contributed by atoms with van der Waals surface area (Å²) in [4.78, 5) is 21.1. The van der Waals surface area contributed by atoms with Crippen LogP contribution in [0.2, 0.25) is 0 Å². The second kappa shape index (κ2) is 4.63. The van der Waals surface area contributed by atoms with Crippen molar-refractivity contribution in [1.29, 1.82) is 0 Å². The van der Waals surface area contributed by atoms with Crippen LogP contribution in [0.15, 0.2) is 36.1 Å². The lowest BCUT2D eigenvalue weighted by atomic mass is 9.99. The van der Waals surface area contributed by atoms with Gasteiger partial charge in [-0.25, -0.2) is 9.59 Å². The van der Waals surface area contributed by atoms with Crippen LogP contribution in [-0.2, 0) is 14.3 Å². The van der Waals surface area contributed by atoms with Crippen LogP contribution in [0.4, 0.5) is 0 Å². The second-order valence-electron chi connectivity index (χ2n) is 3.07. The van der Waals surface area contributed by atoms with E-state index in [1.165, 1.54) is 18.2 Å². The molecule has 6 nitrogen and oxygen atoms in total. The third-order valence-electron chi connectivity index (χ3n) is 1.97. The van der Waals surface area contributed by atoms with E-state index in [0.717, 1.165) is 0 Å². The topological polar surface area (TPSA) is 104 Å². The molecule has 86 valence electrons. The number of ether oxygens (including phenoxy) is 1. The van der Waals surface area contributed by atoms with Gasteiger partial charge in [-0.05, 0) is 18.7 Å². The summed E-state index contributed by atoms with van der Waals surface area (Å²) in [5, 5.41) is 26.8. The number of hydrogen-bond acceptors (Lipinski definition) is 4. The molecule has 0 spiro atoms. The predicted molar refractivity (Wildman–Crippen MR) is 52.5 cm³/mol. The standard InChI is InChI=1S/C10H10O6/c1-5(9(12)13)16-7-4-2-3-6(8(7)11)10(14)15/h2-4,7-8,11H,1H2,(H,12,13)(H,14,15). The second-order valence-corrected chi connectivity index (χ2v) is 3.07. The number of carboxylic acids is 2. The molecule has 0 aromatic rings. The third-order valence-corrected chi connectivity index (χ3v) is 1.97. The zero-order valence-corrected chi connectivity index (χ0v) is 8.16. The molecule has 0 amide bonds. The summed E-state index contributed by atoms with van der Waals surface area (Å²) in [5.74, 6) is -3.21. The molecule has 0 aromatic heterocycles. The number of carboxylic acid groups (broad SMARTS) is 2. The van der Waals surface area contributed by atoms with Crippen LogP contribution in [0.3, 0.4) is 0 Å². The van der Waals surface area contributed by atoms with Gasteiger partial charge in [0.05, 0.1) is 5.57 Å². The summed E-state index contributed by atoms with van der Waals surface area (Å²) in [6, 6.07) is 0. The zero-order chi connectivity index (χ0) is 12.3. The van der Waals surface area contributed by atoms with Crippen LogP contribution >= 0.6 is 0 Å². The molecule has 3 N–H and O–H groups in total. The maximum absolute atomic E-state index is 10.7. The Labute approximate surface area is 90.8 Å². The van der Waals surface area contributed by atoms with Crippen molar-refractivity contribution in [1.82, 2.24) is 0 Å². The summed E-state index contributed by atoms with van der Waals surface area (Å²) in [5.41, 5.74) is -0.259. The molecule has 0 aromatic carbocycles. The van der Waals surface area contributed by atoms with Crippen LogP contribution in [0.1, 0.15) is 0 Å². The summed E-state index contributed by atoms with van der Waals surface area (Å²) in [7, 11) is 0. The first-order valence-electron chi connectivity index (χ1n) is 4.32. The van der Waals surface area contributed by atoms with Crippen LogP contribution in [-0.4, -0.2) is 39.5 Å². The molecular weight excluding hydrogens is 216 g/mol. The quantitative estimate of drug-likeness (QED) is 0.457. The number of rotatable bonds is 4. The number of aliphatic hydroxyl groups is 1. The van der Waals surface area contributed by atoms with E-state index in [2.05, 4.69) is 6.58 Å². The molecule has 0 saturated carbocycles. The molecule has 0 heterocycles. The van der Waals surface area contributed by atoms with Crippen molar-refractivity contribution in [3.63, 3.8) is 0 Å². The highest BCUT2D eigenvalue weighted by molar-refractivity contribution is 5.89. The zero-order valence-electron chi connectivity index (χ0n) is 8.16. The van der Waals surface area contributed by atoms with Crippen molar-refractivity contribution < 1.29 is 29.6 Å². The molecule has 0 fully saturated rings. The number of carbonyl (C=O) groups is 2. The molecular formula is C10H10O6. The highest BCUT2D eigenvalue weighted by Crippen LogP contribution is 2.18. The Bertz CT molecular complexity index is 392. The van der Waals surface area contributed by atoms with E-state index in [1.54, 1.807) is 0 Å². The lowest BCUT2D eigenvalue weighted by molar-refractivity contribution is -0.138. The minimum absolute atomic E-state index is 0.259. The van der Waals surface area contributed by atoms with Crippen molar-refractivity contribution in [2.24, 2.45) is 0 Å². The first-order chi connectivity index (χ1) is 7.43. The van der Waals surface area contributed by atoms with Gasteiger partial charge in [0.2, 0.25) is 0 Å². The summed E-state index contributed by atoms with van der Waals surface area (Å²) >= 11 is 0. The Morgan fingerprint density at radius 2 is 2.00 bits per heavy atom. The smallest absolute Gasteiger partial charge is 0.370 e. The Morgan fingerprint density at radius 1 is 1.38 bits per heavy atom. The lowest BCUT2D eigenvalue weighted by Gasteiger charge is -2.23. The third kappa shape index (κ3) is 2.48. The molecule has 1 rings (SSSR count). The number of aliphatic hydroxyl groups excluding tert-OH is 1. The van der Waals surface area contributed by atoms with Crippen molar-refractivity contribution >= 4 is 11.9 Å². The Hall–Kier alpha value is -2.08. The van der Waals surface area contributed by atoms with Gasteiger partial charge in [-0.15, -0.1) is 0 Å². The van der Waals surface area contributed by atoms with Crippen LogP contribution in [0.25, 0.3) is 0 Å². The molecule has 2 atom stereocenters. The average Bonchev–Trinajstić information content (AvgIpc) is 2.20. The molecule has 0 bridgehead atoms. The minimum atomic E-state index is -1.42. The summed E-state index contributed by atoms with van der Waals surface area (Å²) < 4.78 is 4.81. The van der Waals surface area contributed by atoms with Gasteiger partial charge in [0.1, 0.15) is 12.2 Å². The van der Waals surface area contributed by atoms with Crippen molar-refractivity contribution in [3.05, 3.63) is 36.1 Å². The maximum atomic E-state index is 10.7. The fraction of sp³-hybridized carbons (Fsp3) is 0.200. The van der Waals surface area contributed by atoms with Gasteiger partial charge in [-0.2, -0.15) is 0 Å². The van der Waals surface area contributed by atoms with Gasteiger partial charge in [0, 0.05) is 0 Å². The van der Waals surface area contributed by atoms with E-state index in [-0.39, 0.29) is 5.57 Å². The average molecular weight is 226 g/mol. The first-order valence-corrected chi connectivity index (χ1v) is 4.32. The SMILES string of the molecule is C=C(OC1C=CC=C(C(=O)O)C1O)C(=O)O. The monoisotopic (exact) mass is 226 g/mol. The summed E-state index contributed by atoms with van der Waals surface area (Å²) in [6.45, 7) is 3.12. The van der Waals surface area contributed by atoms with Gasteiger partial charge in [-0.1, -0.05) is 6.08 Å². The summed E-state index contributed by atoms with van der Waals surface area (Å²) in [6.07, 6.45) is 1.47. The largest absolute Gasteiger partial charge is 0.478 e. The fourth-order valence-electron chi connectivity index (χ4n) is 1.17. The highest BCUT2D eigenvalue weighted by atomic mass is 16.5. The normalized spacial score (nSPS) is 23.4. The Balaban J connectivity index is 2.76. The molecule has 1 aliphatic carbocycles. The highest BCUT2D eigenvalue weighted by Gasteiger charge is 2.29. The van der Waals surface area contributed by atoms with E-state index in [1.807, 2.05) is 0 Å². The van der Waals surface area contributed by atoms with Gasteiger partial charge >= 0.3 is 11.9 Å². The van der Waals surface area contributed by atoms with Gasteiger partial charge < -0.3 is 20.1 Å². The molecule has 16 heavy (non-hydrogen) atoms. The molecule has 1 aliphatic rings. The van der Waals surface area contributed by atoms with Crippen molar-refractivity contribution in [3.8, 4) is 0 Å². The Morgan fingerprint density at radius 3 is 2.50 bits per heavy atom. The Kier molecular flexibility index (Phi) is 3.47. The van der Waals surface area contributed by atoms with Crippen LogP contribution in [0, 0.1) is 0 Å². The first kappa shape index (κ1) is 12.0. The number of allylic oxidation sites excluding steroid dienone is 2. The molecule has 0 saturated heterocycles. The van der Waals surface area contributed by atoms with Crippen molar-refractivity contribution in [2.75, 3.05) is 0 Å². The minimum Gasteiger partial charge on any atom is -0.478 e. The van der Waals surface area contributed by atoms with Crippen LogP contribution < -0.4 is 0 Å². The van der Waals surface area contributed by atoms with Gasteiger partial charge in [0.15, 0.2) is 5.76 Å². The number of aliphatic carboxylic acids is 2. The predicted octanol–water partition coefficient (Wildman–Crippen LogP) is -0.0884. The van der Waals surface area contributed by atoms with Gasteiger partial charge in [0.25, 0.3) is 0 Å². The lowest BCUT2D eigenvalue weighted by Crippen LogP contribution is -2.34. The molecule has 6 heteroatoms. The number of hydrogen-bond donors (Lipinski definition) is 3. The van der Waals surface area contributed by atoms with E-state index < -0.39 is 29.9 Å². The van der Waals surface area contributed by atoms with E-state index >= 15 is 0 Å². The molecule has 2 unspecified atom stereocenters. The van der Waals surface area contributed by atoms with E-state index in [4.69, 9.17) is 14.9 Å². The van der Waals surface area contributed by atoms with E-state index in [0.29, 0.717) is 0 Å². The van der Waals surface area contributed by atoms with Crippen LogP contribution in [0.5, 0.6) is 0 Å².